The lowest BCUT2D eigenvalue weighted by molar-refractivity contribution is -0.137. The Morgan fingerprint density at radius 3 is 2.72 bits per heavy atom. The van der Waals surface area contributed by atoms with Crippen LogP contribution in [0.1, 0.15) is 36.3 Å². The van der Waals surface area contributed by atoms with Crippen molar-refractivity contribution in [2.24, 2.45) is 5.92 Å². The lowest BCUT2D eigenvalue weighted by Gasteiger charge is -2.17. The van der Waals surface area contributed by atoms with E-state index in [9.17, 15) is 9.18 Å². The SMILES string of the molecule is COc1cc(C(CC(=O)O)C2CC2)cc(C)c1F. The number of hydrogen-bond acceptors (Lipinski definition) is 2. The van der Waals surface area contributed by atoms with Crippen LogP contribution in [-0.2, 0) is 4.79 Å². The number of carbonyl (C=O) groups is 1. The van der Waals surface area contributed by atoms with Gasteiger partial charge in [-0.05, 0) is 48.8 Å². The van der Waals surface area contributed by atoms with Crippen molar-refractivity contribution in [2.75, 3.05) is 7.11 Å². The summed E-state index contributed by atoms with van der Waals surface area (Å²) < 4.78 is 18.7. The highest BCUT2D eigenvalue weighted by atomic mass is 19.1. The molecule has 1 fully saturated rings. The summed E-state index contributed by atoms with van der Waals surface area (Å²) in [6.45, 7) is 1.67. The first-order chi connectivity index (χ1) is 8.52. The van der Waals surface area contributed by atoms with Crippen LogP contribution in [0, 0.1) is 18.7 Å². The van der Waals surface area contributed by atoms with Crippen LogP contribution in [-0.4, -0.2) is 18.2 Å². The summed E-state index contributed by atoms with van der Waals surface area (Å²) in [5.74, 6) is -0.605. The molecule has 0 aromatic heterocycles. The van der Waals surface area contributed by atoms with E-state index in [1.807, 2.05) is 0 Å². The summed E-state index contributed by atoms with van der Waals surface area (Å²) in [6, 6.07) is 3.37. The van der Waals surface area contributed by atoms with Crippen molar-refractivity contribution in [1.82, 2.24) is 0 Å². The predicted octanol–water partition coefficient (Wildman–Crippen LogP) is 3.11. The average molecular weight is 252 g/mol. The molecule has 1 aliphatic rings. The highest BCUT2D eigenvalue weighted by Gasteiger charge is 2.34. The molecule has 1 N–H and O–H groups in total. The molecule has 1 aromatic carbocycles. The zero-order chi connectivity index (χ0) is 13.3. The molecular weight excluding hydrogens is 235 g/mol. The standard InChI is InChI=1S/C14H17FO3/c1-8-5-10(6-12(18-2)14(8)15)11(7-13(16)17)9-3-4-9/h5-6,9,11H,3-4,7H2,1-2H3,(H,16,17). The third-order valence-corrected chi connectivity index (χ3v) is 3.48. The number of carboxylic acid groups (broad SMARTS) is 1. The topological polar surface area (TPSA) is 46.5 Å². The van der Waals surface area contributed by atoms with Gasteiger partial charge in [0.1, 0.15) is 0 Å². The van der Waals surface area contributed by atoms with E-state index >= 15 is 0 Å². The molecule has 3 nitrogen and oxygen atoms in total. The minimum absolute atomic E-state index is 0.0318. The zero-order valence-corrected chi connectivity index (χ0v) is 10.6. The number of halogens is 1. The summed E-state index contributed by atoms with van der Waals surface area (Å²) in [6.07, 6.45) is 2.20. The van der Waals surface area contributed by atoms with Gasteiger partial charge in [0.25, 0.3) is 0 Å². The minimum Gasteiger partial charge on any atom is -0.494 e. The Hall–Kier alpha value is -1.58. The van der Waals surface area contributed by atoms with Gasteiger partial charge in [-0.2, -0.15) is 0 Å². The quantitative estimate of drug-likeness (QED) is 0.875. The van der Waals surface area contributed by atoms with E-state index in [2.05, 4.69) is 0 Å². The van der Waals surface area contributed by atoms with Gasteiger partial charge in [-0.15, -0.1) is 0 Å². The minimum atomic E-state index is -0.812. The van der Waals surface area contributed by atoms with Crippen LogP contribution < -0.4 is 4.74 Å². The van der Waals surface area contributed by atoms with Crippen molar-refractivity contribution in [3.05, 3.63) is 29.1 Å². The lowest BCUT2D eigenvalue weighted by Crippen LogP contribution is -2.09. The van der Waals surface area contributed by atoms with Crippen molar-refractivity contribution in [2.45, 2.75) is 32.1 Å². The number of hydrogen-bond donors (Lipinski definition) is 1. The van der Waals surface area contributed by atoms with Gasteiger partial charge in [0.15, 0.2) is 11.6 Å². The smallest absolute Gasteiger partial charge is 0.303 e. The molecule has 0 aliphatic heterocycles. The van der Waals surface area contributed by atoms with Gasteiger partial charge >= 0.3 is 5.97 Å². The summed E-state index contributed by atoms with van der Waals surface area (Å²) in [5.41, 5.74) is 1.37. The van der Waals surface area contributed by atoms with Crippen LogP contribution in [0.15, 0.2) is 12.1 Å². The molecule has 98 valence electrons. The normalized spacial score (nSPS) is 16.4. The van der Waals surface area contributed by atoms with Gasteiger partial charge in [-0.25, -0.2) is 4.39 Å². The maximum absolute atomic E-state index is 13.7. The van der Waals surface area contributed by atoms with Gasteiger partial charge in [-0.1, -0.05) is 6.07 Å². The van der Waals surface area contributed by atoms with Crippen LogP contribution in [0.25, 0.3) is 0 Å². The molecule has 0 heterocycles. The van der Waals surface area contributed by atoms with E-state index in [1.165, 1.54) is 7.11 Å². The number of carboxylic acids is 1. The summed E-state index contributed by atoms with van der Waals surface area (Å²) in [7, 11) is 1.42. The molecule has 1 atom stereocenters. The molecule has 0 spiro atoms. The molecule has 1 aromatic rings. The number of ether oxygens (including phenoxy) is 1. The molecule has 0 bridgehead atoms. The average Bonchev–Trinajstić information content (AvgIpc) is 3.13. The second-order valence-electron chi connectivity index (χ2n) is 4.90. The molecule has 0 saturated heterocycles. The van der Waals surface area contributed by atoms with Gasteiger partial charge in [0.05, 0.1) is 13.5 Å². The predicted molar refractivity (Wildman–Crippen MR) is 65.4 cm³/mol. The molecule has 1 saturated carbocycles. The largest absolute Gasteiger partial charge is 0.494 e. The van der Waals surface area contributed by atoms with Crippen LogP contribution in [0.2, 0.25) is 0 Å². The third-order valence-electron chi connectivity index (χ3n) is 3.48. The van der Waals surface area contributed by atoms with E-state index in [0.29, 0.717) is 11.5 Å². The van der Waals surface area contributed by atoms with Crippen LogP contribution >= 0.6 is 0 Å². The number of aryl methyl sites for hydroxylation is 1. The number of rotatable bonds is 5. The Morgan fingerprint density at radius 2 is 2.22 bits per heavy atom. The molecule has 2 rings (SSSR count). The van der Waals surface area contributed by atoms with Crippen molar-refractivity contribution in [3.63, 3.8) is 0 Å². The van der Waals surface area contributed by atoms with Gasteiger partial charge in [0, 0.05) is 0 Å². The van der Waals surface area contributed by atoms with Gasteiger partial charge in [-0.3, -0.25) is 4.79 Å². The molecule has 0 amide bonds. The number of aliphatic carboxylic acids is 1. The second-order valence-corrected chi connectivity index (χ2v) is 4.90. The third kappa shape index (κ3) is 2.63. The Labute approximate surface area is 106 Å². The van der Waals surface area contributed by atoms with Crippen molar-refractivity contribution >= 4 is 5.97 Å². The van der Waals surface area contributed by atoms with Crippen LogP contribution in [0.5, 0.6) is 5.75 Å². The van der Waals surface area contributed by atoms with Crippen LogP contribution in [0.4, 0.5) is 4.39 Å². The van der Waals surface area contributed by atoms with Crippen molar-refractivity contribution in [1.29, 1.82) is 0 Å². The van der Waals surface area contributed by atoms with E-state index in [-0.39, 0.29) is 23.9 Å². The fraction of sp³-hybridized carbons (Fsp3) is 0.500. The van der Waals surface area contributed by atoms with Crippen molar-refractivity contribution in [3.8, 4) is 5.75 Å². The van der Waals surface area contributed by atoms with E-state index in [1.54, 1.807) is 19.1 Å². The molecule has 1 aliphatic carbocycles. The first-order valence-corrected chi connectivity index (χ1v) is 6.08. The van der Waals surface area contributed by atoms with E-state index < -0.39 is 5.97 Å². The molecule has 4 heteroatoms. The Bertz CT molecular complexity index is 466. The maximum atomic E-state index is 13.7. The maximum Gasteiger partial charge on any atom is 0.303 e. The summed E-state index contributed by atoms with van der Waals surface area (Å²) >= 11 is 0. The Morgan fingerprint density at radius 1 is 1.56 bits per heavy atom. The molecule has 0 radical (unpaired) electrons. The fourth-order valence-corrected chi connectivity index (χ4v) is 2.37. The van der Waals surface area contributed by atoms with Gasteiger partial charge in [0.2, 0.25) is 0 Å². The first kappa shape index (κ1) is 12.9. The Kier molecular flexibility index (Phi) is 3.55. The second kappa shape index (κ2) is 4.96. The molecule has 1 unspecified atom stereocenters. The highest BCUT2D eigenvalue weighted by Crippen LogP contribution is 2.45. The number of benzene rings is 1. The number of methoxy groups -OCH3 is 1. The Balaban J connectivity index is 2.35. The highest BCUT2D eigenvalue weighted by molar-refractivity contribution is 5.68. The summed E-state index contributed by atoms with van der Waals surface area (Å²) in [4.78, 5) is 10.9. The molecular formula is C14H17FO3. The van der Waals surface area contributed by atoms with Crippen LogP contribution in [0.3, 0.4) is 0 Å². The lowest BCUT2D eigenvalue weighted by atomic mass is 9.90. The molecule has 18 heavy (non-hydrogen) atoms. The first-order valence-electron chi connectivity index (χ1n) is 6.08. The zero-order valence-electron chi connectivity index (χ0n) is 10.6. The monoisotopic (exact) mass is 252 g/mol. The van der Waals surface area contributed by atoms with Gasteiger partial charge < -0.3 is 9.84 Å². The van der Waals surface area contributed by atoms with E-state index in [4.69, 9.17) is 9.84 Å². The fourth-order valence-electron chi connectivity index (χ4n) is 2.37. The summed E-state index contributed by atoms with van der Waals surface area (Å²) in [5, 5.41) is 8.97. The van der Waals surface area contributed by atoms with E-state index in [0.717, 1.165) is 18.4 Å². The van der Waals surface area contributed by atoms with Crippen molar-refractivity contribution < 1.29 is 19.0 Å².